The van der Waals surface area contributed by atoms with Crippen LogP contribution in [0.4, 0.5) is 4.79 Å². The maximum atomic E-state index is 12.7. The number of hydrogen-bond donors (Lipinski definition) is 1. The molecule has 5 nitrogen and oxygen atoms in total. The van der Waals surface area contributed by atoms with Crippen LogP contribution < -0.4 is 5.32 Å². The van der Waals surface area contributed by atoms with Crippen molar-refractivity contribution in [2.45, 2.75) is 19.5 Å². The number of nitrogens with zero attached hydrogens (tertiary/aromatic N) is 1. The van der Waals surface area contributed by atoms with Gasteiger partial charge in [0.25, 0.3) is 0 Å². The van der Waals surface area contributed by atoms with Gasteiger partial charge in [0.15, 0.2) is 0 Å². The molecule has 1 aliphatic heterocycles. The molecule has 6 heteroatoms. The Morgan fingerprint density at radius 1 is 1.15 bits per heavy atom. The van der Waals surface area contributed by atoms with Gasteiger partial charge in [0, 0.05) is 10.7 Å². The van der Waals surface area contributed by atoms with Crippen LogP contribution >= 0.6 is 11.6 Å². The number of esters is 1. The average Bonchev–Trinajstić information content (AvgIpc) is 2.65. The van der Waals surface area contributed by atoms with Crippen LogP contribution in [0.5, 0.6) is 0 Å². The zero-order valence-electron chi connectivity index (χ0n) is 14.5. The van der Waals surface area contributed by atoms with Crippen LogP contribution in [0.15, 0.2) is 65.9 Å². The van der Waals surface area contributed by atoms with E-state index in [0.717, 1.165) is 5.56 Å². The van der Waals surface area contributed by atoms with Crippen LogP contribution in [0.1, 0.15) is 24.1 Å². The number of hydrogen-bond acceptors (Lipinski definition) is 3. The lowest BCUT2D eigenvalue weighted by Gasteiger charge is -2.35. The first kappa shape index (κ1) is 18.0. The third kappa shape index (κ3) is 3.44. The summed E-state index contributed by atoms with van der Waals surface area (Å²) >= 11 is 6.29. The zero-order valence-corrected chi connectivity index (χ0v) is 15.3. The van der Waals surface area contributed by atoms with Crippen molar-refractivity contribution in [3.05, 3.63) is 82.0 Å². The second-order valence-electron chi connectivity index (χ2n) is 5.97. The number of methoxy groups -OCH3 is 1. The molecular weight excluding hydrogens is 352 g/mol. The highest BCUT2D eigenvalue weighted by Gasteiger charge is 2.36. The van der Waals surface area contributed by atoms with Crippen LogP contribution in [0.3, 0.4) is 0 Å². The Morgan fingerprint density at radius 2 is 1.81 bits per heavy atom. The molecule has 0 fully saturated rings. The van der Waals surface area contributed by atoms with E-state index in [2.05, 4.69) is 5.32 Å². The molecule has 0 spiro atoms. The number of rotatable bonds is 4. The topological polar surface area (TPSA) is 58.6 Å². The van der Waals surface area contributed by atoms with Crippen molar-refractivity contribution in [1.82, 2.24) is 10.2 Å². The predicted molar refractivity (Wildman–Crippen MR) is 99.4 cm³/mol. The van der Waals surface area contributed by atoms with Gasteiger partial charge in [-0.15, -0.1) is 0 Å². The van der Waals surface area contributed by atoms with Gasteiger partial charge in [0.2, 0.25) is 0 Å². The smallest absolute Gasteiger partial charge is 0.337 e. The third-order valence-electron chi connectivity index (χ3n) is 4.40. The molecule has 0 aromatic heterocycles. The molecule has 26 heavy (non-hydrogen) atoms. The van der Waals surface area contributed by atoms with Gasteiger partial charge in [-0.3, -0.25) is 4.90 Å². The summed E-state index contributed by atoms with van der Waals surface area (Å²) in [5, 5.41) is 3.36. The number of carbonyl (C=O) groups is 2. The molecule has 134 valence electrons. The van der Waals surface area contributed by atoms with E-state index in [1.165, 1.54) is 12.0 Å². The quantitative estimate of drug-likeness (QED) is 0.826. The number of ether oxygens (including phenoxy) is 1. The second kappa shape index (κ2) is 7.62. The summed E-state index contributed by atoms with van der Waals surface area (Å²) in [6.07, 6.45) is 0. The minimum Gasteiger partial charge on any atom is -0.466 e. The fourth-order valence-electron chi connectivity index (χ4n) is 3.05. The minimum atomic E-state index is -0.657. The standard InChI is InChI=1S/C20H19ClN2O3/c1-13-17(19(24)26-2)18(15-10-6-7-11-16(15)21)22-20(25)23(13)12-14-8-4-3-5-9-14/h3-11,18H,12H2,1-2H3,(H,22,25)/t18-/m1/s1. The molecule has 1 atom stereocenters. The zero-order chi connectivity index (χ0) is 18.7. The molecule has 1 heterocycles. The van der Waals surface area contributed by atoms with Gasteiger partial charge in [-0.2, -0.15) is 0 Å². The van der Waals surface area contributed by atoms with E-state index < -0.39 is 12.0 Å². The Morgan fingerprint density at radius 3 is 2.46 bits per heavy atom. The van der Waals surface area contributed by atoms with Gasteiger partial charge >= 0.3 is 12.0 Å². The number of urea groups is 1. The van der Waals surface area contributed by atoms with Crippen molar-refractivity contribution in [3.63, 3.8) is 0 Å². The molecule has 0 unspecified atom stereocenters. The fraction of sp³-hybridized carbons (Fsp3) is 0.200. The van der Waals surface area contributed by atoms with E-state index in [0.29, 0.717) is 28.4 Å². The molecule has 2 amide bonds. The van der Waals surface area contributed by atoms with Crippen LogP contribution in [0, 0.1) is 0 Å². The average molecular weight is 371 g/mol. The van der Waals surface area contributed by atoms with Gasteiger partial charge in [0.05, 0.1) is 25.3 Å². The van der Waals surface area contributed by atoms with Gasteiger partial charge in [-0.1, -0.05) is 60.1 Å². The first-order valence-corrected chi connectivity index (χ1v) is 8.56. The SMILES string of the molecule is COC(=O)C1=C(C)N(Cc2ccccc2)C(=O)N[C@@H]1c1ccccc1Cl. The van der Waals surface area contributed by atoms with Crippen LogP contribution in [-0.2, 0) is 16.1 Å². The molecule has 0 radical (unpaired) electrons. The Kier molecular flexibility index (Phi) is 5.28. The molecule has 0 aliphatic carbocycles. The molecule has 3 rings (SSSR count). The van der Waals surface area contributed by atoms with Gasteiger partial charge in [0.1, 0.15) is 0 Å². The van der Waals surface area contributed by atoms with Crippen molar-refractivity contribution in [2.24, 2.45) is 0 Å². The Labute approximate surface area is 157 Å². The number of allylic oxidation sites excluding steroid dienone is 1. The van der Waals surface area contributed by atoms with Crippen molar-refractivity contribution < 1.29 is 14.3 Å². The molecule has 0 saturated heterocycles. The van der Waals surface area contributed by atoms with E-state index in [1.807, 2.05) is 36.4 Å². The lowest BCUT2D eigenvalue weighted by molar-refractivity contribution is -0.136. The summed E-state index contributed by atoms with van der Waals surface area (Å²) in [6, 6.07) is 15.8. The number of amides is 2. The van der Waals surface area contributed by atoms with Crippen LogP contribution in [-0.4, -0.2) is 24.0 Å². The Hall–Kier alpha value is -2.79. The fourth-order valence-corrected chi connectivity index (χ4v) is 3.30. The van der Waals surface area contributed by atoms with Crippen molar-refractivity contribution >= 4 is 23.6 Å². The van der Waals surface area contributed by atoms with Gasteiger partial charge in [-0.25, -0.2) is 9.59 Å². The summed E-state index contributed by atoms with van der Waals surface area (Å²) in [5.41, 5.74) is 2.54. The number of benzene rings is 2. The number of halogens is 1. The summed E-state index contributed by atoms with van der Waals surface area (Å²) in [7, 11) is 1.32. The Balaban J connectivity index is 2.05. The van der Waals surface area contributed by atoms with E-state index in [-0.39, 0.29) is 6.03 Å². The van der Waals surface area contributed by atoms with Crippen LogP contribution in [0.25, 0.3) is 0 Å². The van der Waals surface area contributed by atoms with Crippen molar-refractivity contribution in [1.29, 1.82) is 0 Å². The van der Waals surface area contributed by atoms with E-state index in [4.69, 9.17) is 16.3 Å². The maximum Gasteiger partial charge on any atom is 0.337 e. The lowest BCUT2D eigenvalue weighted by Crippen LogP contribution is -2.47. The Bertz CT molecular complexity index is 864. The third-order valence-corrected chi connectivity index (χ3v) is 4.75. The minimum absolute atomic E-state index is 0.288. The summed E-state index contributed by atoms with van der Waals surface area (Å²) in [5.74, 6) is -0.495. The first-order valence-electron chi connectivity index (χ1n) is 8.18. The highest BCUT2D eigenvalue weighted by atomic mass is 35.5. The molecule has 1 N–H and O–H groups in total. The van der Waals surface area contributed by atoms with Crippen LogP contribution in [0.2, 0.25) is 5.02 Å². The molecule has 2 aromatic carbocycles. The normalized spacial score (nSPS) is 17.1. The predicted octanol–water partition coefficient (Wildman–Crippen LogP) is 4.05. The number of carbonyl (C=O) groups excluding carboxylic acids is 2. The molecule has 1 aliphatic rings. The highest BCUT2D eigenvalue weighted by molar-refractivity contribution is 6.31. The largest absolute Gasteiger partial charge is 0.466 e. The monoisotopic (exact) mass is 370 g/mol. The molecule has 0 saturated carbocycles. The van der Waals surface area contributed by atoms with Crippen molar-refractivity contribution in [2.75, 3.05) is 7.11 Å². The van der Waals surface area contributed by atoms with E-state index >= 15 is 0 Å². The van der Waals surface area contributed by atoms with E-state index in [9.17, 15) is 9.59 Å². The van der Waals surface area contributed by atoms with E-state index in [1.54, 1.807) is 25.1 Å². The molecule has 0 bridgehead atoms. The maximum absolute atomic E-state index is 12.7. The number of nitrogens with one attached hydrogen (secondary N) is 1. The van der Waals surface area contributed by atoms with Gasteiger partial charge in [-0.05, 0) is 24.1 Å². The first-order chi connectivity index (χ1) is 12.5. The molecule has 2 aromatic rings. The molecular formula is C20H19ClN2O3. The highest BCUT2D eigenvalue weighted by Crippen LogP contribution is 2.35. The van der Waals surface area contributed by atoms with Gasteiger partial charge < -0.3 is 10.1 Å². The van der Waals surface area contributed by atoms with Crippen molar-refractivity contribution in [3.8, 4) is 0 Å². The summed E-state index contributed by atoms with van der Waals surface area (Å²) in [4.78, 5) is 26.8. The summed E-state index contributed by atoms with van der Waals surface area (Å²) < 4.78 is 4.97. The summed E-state index contributed by atoms with van der Waals surface area (Å²) in [6.45, 7) is 2.10. The second-order valence-corrected chi connectivity index (χ2v) is 6.37. The lowest BCUT2D eigenvalue weighted by atomic mass is 9.94.